The number of carbonyl (C=O) groups excluding carboxylic acids is 1. The van der Waals surface area contributed by atoms with Crippen LogP contribution in [0.25, 0.3) is 0 Å². The van der Waals surface area contributed by atoms with E-state index in [2.05, 4.69) is 15.3 Å². The Morgan fingerprint density at radius 1 is 1.50 bits per heavy atom. The first-order chi connectivity index (χ1) is 9.18. The van der Waals surface area contributed by atoms with Crippen LogP contribution < -0.4 is 10.9 Å². The quantitative estimate of drug-likeness (QED) is 0.753. The number of aliphatic hydroxyl groups is 1. The van der Waals surface area contributed by atoms with Crippen LogP contribution >= 0.6 is 0 Å². The van der Waals surface area contributed by atoms with Gasteiger partial charge >= 0.3 is 0 Å². The maximum Gasteiger partial charge on any atom is 0.264 e. The van der Waals surface area contributed by atoms with Crippen molar-refractivity contribution in [2.24, 2.45) is 0 Å². The molecule has 6 heteroatoms. The molecule has 0 aliphatic heterocycles. The van der Waals surface area contributed by atoms with E-state index in [4.69, 9.17) is 0 Å². The van der Waals surface area contributed by atoms with E-state index in [1.54, 1.807) is 13.8 Å². The van der Waals surface area contributed by atoms with E-state index in [-0.39, 0.29) is 18.0 Å². The molecule has 0 fully saturated rings. The van der Waals surface area contributed by atoms with Crippen molar-refractivity contribution < 1.29 is 9.90 Å². The van der Waals surface area contributed by atoms with Crippen LogP contribution in [0.1, 0.15) is 61.9 Å². The molecule has 0 saturated carbocycles. The van der Waals surface area contributed by atoms with E-state index in [0.717, 1.165) is 0 Å². The van der Waals surface area contributed by atoms with Crippen molar-refractivity contribution in [3.8, 4) is 0 Å². The van der Waals surface area contributed by atoms with Crippen LogP contribution in [-0.2, 0) is 0 Å². The number of hydrogen-bond acceptors (Lipinski definition) is 4. The molecule has 3 N–H and O–H groups in total. The lowest BCUT2D eigenvalue weighted by atomic mass is 10.0. The molecule has 1 aromatic rings. The van der Waals surface area contributed by atoms with Crippen molar-refractivity contribution in [1.82, 2.24) is 15.3 Å². The van der Waals surface area contributed by atoms with Gasteiger partial charge in [0.05, 0.1) is 11.3 Å². The topological polar surface area (TPSA) is 95.1 Å². The first-order valence-electron chi connectivity index (χ1n) is 6.79. The Bertz CT molecular complexity index is 547. The average Bonchev–Trinajstić information content (AvgIpc) is 2.35. The molecule has 1 amide bonds. The fourth-order valence-electron chi connectivity index (χ4n) is 1.63. The van der Waals surface area contributed by atoms with Crippen molar-refractivity contribution in [3.63, 3.8) is 0 Å². The van der Waals surface area contributed by atoms with Gasteiger partial charge in [0.2, 0.25) is 0 Å². The normalized spacial score (nSPS) is 14.2. The summed E-state index contributed by atoms with van der Waals surface area (Å²) >= 11 is 0. The van der Waals surface area contributed by atoms with Gasteiger partial charge in [0.15, 0.2) is 0 Å². The average molecular weight is 281 g/mol. The van der Waals surface area contributed by atoms with E-state index in [1.807, 2.05) is 20.8 Å². The second-order valence-electron chi connectivity index (χ2n) is 5.60. The first kappa shape index (κ1) is 16.4. The highest BCUT2D eigenvalue weighted by atomic mass is 16.3. The lowest BCUT2D eigenvalue weighted by Gasteiger charge is -2.21. The Morgan fingerprint density at radius 2 is 2.10 bits per heavy atom. The van der Waals surface area contributed by atoms with Gasteiger partial charge in [-0.25, -0.2) is 4.98 Å². The highest BCUT2D eigenvalue weighted by molar-refractivity contribution is 5.94. The zero-order valence-corrected chi connectivity index (χ0v) is 12.7. The second-order valence-corrected chi connectivity index (χ2v) is 5.60. The lowest BCUT2D eigenvalue weighted by molar-refractivity contribution is 0.0517. The second kappa shape index (κ2) is 6.17. The molecule has 0 spiro atoms. The number of rotatable bonds is 5. The summed E-state index contributed by atoms with van der Waals surface area (Å²) in [5, 5.41) is 12.4. The lowest BCUT2D eigenvalue weighted by Crippen LogP contribution is -2.42. The Balaban J connectivity index is 2.98. The molecule has 1 heterocycles. The minimum atomic E-state index is -0.984. The van der Waals surface area contributed by atoms with E-state index in [9.17, 15) is 14.7 Å². The van der Waals surface area contributed by atoms with E-state index in [1.165, 1.54) is 0 Å². The van der Waals surface area contributed by atoms with Gasteiger partial charge in [-0.15, -0.1) is 0 Å². The molecule has 1 unspecified atom stereocenters. The highest BCUT2D eigenvalue weighted by Crippen LogP contribution is 2.10. The molecule has 6 nitrogen and oxygen atoms in total. The zero-order valence-electron chi connectivity index (χ0n) is 12.7. The van der Waals surface area contributed by atoms with Crippen LogP contribution in [0.2, 0.25) is 0 Å². The number of carbonyl (C=O) groups is 1. The molecule has 1 atom stereocenters. The minimum absolute atomic E-state index is 0.00121. The van der Waals surface area contributed by atoms with Gasteiger partial charge < -0.3 is 15.4 Å². The molecule has 0 bridgehead atoms. The summed E-state index contributed by atoms with van der Waals surface area (Å²) in [5.41, 5.74) is -1.04. The number of hydrogen-bond donors (Lipinski definition) is 3. The van der Waals surface area contributed by atoms with Gasteiger partial charge in [-0.2, -0.15) is 0 Å². The fourth-order valence-corrected chi connectivity index (χ4v) is 1.63. The monoisotopic (exact) mass is 281 g/mol. The number of aromatic nitrogens is 2. The Kier molecular flexibility index (Phi) is 5.05. The molecule has 0 saturated heterocycles. The molecular weight excluding hydrogens is 258 g/mol. The van der Waals surface area contributed by atoms with Crippen molar-refractivity contribution in [3.05, 3.63) is 27.4 Å². The molecule has 0 aliphatic rings. The van der Waals surface area contributed by atoms with Crippen LogP contribution in [0.3, 0.4) is 0 Å². The number of nitrogens with one attached hydrogen (secondary N) is 2. The van der Waals surface area contributed by atoms with E-state index < -0.39 is 17.1 Å². The summed E-state index contributed by atoms with van der Waals surface area (Å²) < 4.78 is 0. The Labute approximate surface area is 118 Å². The maximum absolute atomic E-state index is 12.0. The van der Waals surface area contributed by atoms with Gasteiger partial charge in [-0.05, 0) is 20.3 Å². The number of H-pyrrole nitrogens is 1. The minimum Gasteiger partial charge on any atom is -0.388 e. The SMILES string of the molecule is CCC(C)(O)CNC(=O)c1c(C)nc(C(C)C)[nH]c1=O. The third-order valence-corrected chi connectivity index (χ3v) is 3.28. The van der Waals surface area contributed by atoms with E-state index >= 15 is 0 Å². The molecular formula is C14H23N3O3. The standard InChI is InChI=1S/C14H23N3O3/c1-6-14(5,20)7-15-12(18)10-9(4)16-11(8(2)3)17-13(10)19/h8,20H,6-7H2,1-5H3,(H,15,18)(H,16,17,19). The van der Waals surface area contributed by atoms with E-state index in [0.29, 0.717) is 17.9 Å². The van der Waals surface area contributed by atoms with Gasteiger partial charge in [0.25, 0.3) is 11.5 Å². The summed E-state index contributed by atoms with van der Waals surface area (Å²) in [6, 6.07) is 0. The molecule has 0 radical (unpaired) electrons. The molecule has 112 valence electrons. The summed E-state index contributed by atoms with van der Waals surface area (Å²) in [5.74, 6) is 0.129. The predicted octanol–water partition coefficient (Wildman–Crippen LogP) is 1.09. The Hall–Kier alpha value is -1.69. The van der Waals surface area contributed by atoms with Gasteiger partial charge in [0.1, 0.15) is 11.4 Å². The van der Waals surface area contributed by atoms with Crippen LogP contribution in [-0.4, -0.2) is 33.1 Å². The number of amides is 1. The molecule has 0 aromatic carbocycles. The molecule has 0 aliphatic carbocycles. The van der Waals surface area contributed by atoms with Crippen LogP contribution in [0.4, 0.5) is 0 Å². The van der Waals surface area contributed by atoms with Crippen LogP contribution in [0.5, 0.6) is 0 Å². The molecule has 1 rings (SSSR count). The van der Waals surface area contributed by atoms with Crippen molar-refractivity contribution in [1.29, 1.82) is 0 Å². The number of aryl methyl sites for hydroxylation is 1. The number of nitrogens with zero attached hydrogens (tertiary/aromatic N) is 1. The predicted molar refractivity (Wildman–Crippen MR) is 76.9 cm³/mol. The van der Waals surface area contributed by atoms with Gasteiger partial charge in [-0.1, -0.05) is 20.8 Å². The van der Waals surface area contributed by atoms with Crippen LogP contribution in [0.15, 0.2) is 4.79 Å². The molecule has 1 aromatic heterocycles. The third kappa shape index (κ3) is 3.90. The highest BCUT2D eigenvalue weighted by Gasteiger charge is 2.22. The van der Waals surface area contributed by atoms with Gasteiger partial charge in [0, 0.05) is 12.5 Å². The summed E-state index contributed by atoms with van der Waals surface area (Å²) in [6.45, 7) is 9.00. The maximum atomic E-state index is 12.0. The van der Waals surface area contributed by atoms with Gasteiger partial charge in [-0.3, -0.25) is 9.59 Å². The summed E-state index contributed by atoms with van der Waals surface area (Å²) in [4.78, 5) is 30.9. The van der Waals surface area contributed by atoms with Crippen molar-refractivity contribution in [2.45, 2.75) is 52.6 Å². The number of aromatic amines is 1. The largest absolute Gasteiger partial charge is 0.388 e. The smallest absolute Gasteiger partial charge is 0.264 e. The zero-order chi connectivity index (χ0) is 15.5. The third-order valence-electron chi connectivity index (χ3n) is 3.28. The fraction of sp³-hybridized carbons (Fsp3) is 0.643. The van der Waals surface area contributed by atoms with Crippen molar-refractivity contribution >= 4 is 5.91 Å². The van der Waals surface area contributed by atoms with Crippen LogP contribution in [0, 0.1) is 6.92 Å². The summed E-state index contributed by atoms with van der Waals surface area (Å²) in [7, 11) is 0. The first-order valence-corrected chi connectivity index (χ1v) is 6.79. The van der Waals surface area contributed by atoms with Crippen molar-refractivity contribution in [2.75, 3.05) is 6.54 Å². The summed E-state index contributed by atoms with van der Waals surface area (Å²) in [6.07, 6.45) is 0.507. The Morgan fingerprint density at radius 3 is 2.55 bits per heavy atom. The molecule has 20 heavy (non-hydrogen) atoms.